The number of benzene rings is 1. The van der Waals surface area contributed by atoms with Gasteiger partial charge in [0.05, 0.1) is 11.9 Å². The van der Waals surface area contributed by atoms with Crippen LogP contribution in [0.5, 0.6) is 5.75 Å². The normalized spacial score (nSPS) is 13.9. The summed E-state index contributed by atoms with van der Waals surface area (Å²) in [5.41, 5.74) is 0.654. The van der Waals surface area contributed by atoms with Crippen molar-refractivity contribution >= 4 is 17.2 Å². The molecule has 0 N–H and O–H groups in total. The van der Waals surface area contributed by atoms with Crippen molar-refractivity contribution in [2.24, 2.45) is 4.40 Å². The number of nitrogens with zero attached hydrogens (tertiary/aromatic N) is 1. The molecule has 94 valence electrons. The lowest BCUT2D eigenvalue weighted by molar-refractivity contribution is 0.386. The lowest BCUT2D eigenvalue weighted by atomic mass is 10.2. The standard InChI is InChI=1S/C12H16FNO2S/c1-12(2,3)17(15)14-8-9-5-6-10(13)11(7-9)16-4/h5-8H,1-4H3. The van der Waals surface area contributed by atoms with E-state index in [1.807, 2.05) is 20.8 Å². The molecule has 0 aliphatic carbocycles. The van der Waals surface area contributed by atoms with E-state index in [-0.39, 0.29) is 5.75 Å². The molecule has 1 aromatic carbocycles. The summed E-state index contributed by atoms with van der Waals surface area (Å²) in [6.07, 6.45) is 1.46. The molecule has 0 amide bonds. The fraction of sp³-hybridized carbons (Fsp3) is 0.417. The molecular formula is C12H16FNO2S. The molecule has 1 rings (SSSR count). The lowest BCUT2D eigenvalue weighted by Gasteiger charge is -2.12. The number of hydrogen-bond donors (Lipinski definition) is 0. The van der Waals surface area contributed by atoms with Gasteiger partial charge in [-0.25, -0.2) is 8.60 Å². The van der Waals surface area contributed by atoms with Gasteiger partial charge in [0.2, 0.25) is 0 Å². The van der Waals surface area contributed by atoms with Gasteiger partial charge >= 0.3 is 0 Å². The quantitative estimate of drug-likeness (QED) is 0.781. The van der Waals surface area contributed by atoms with Crippen LogP contribution in [-0.2, 0) is 11.0 Å². The summed E-state index contributed by atoms with van der Waals surface area (Å²) in [5.74, 6) is -0.280. The topological polar surface area (TPSA) is 38.7 Å². The molecule has 3 nitrogen and oxygen atoms in total. The molecule has 1 unspecified atom stereocenters. The third-order valence-corrected chi connectivity index (χ3v) is 3.34. The first-order valence-corrected chi connectivity index (χ1v) is 6.25. The first-order chi connectivity index (χ1) is 7.84. The van der Waals surface area contributed by atoms with Crippen molar-refractivity contribution in [3.05, 3.63) is 29.6 Å². The number of rotatable bonds is 3. The van der Waals surface area contributed by atoms with Crippen LogP contribution in [0.4, 0.5) is 4.39 Å². The first kappa shape index (κ1) is 13.8. The Balaban J connectivity index is 2.89. The largest absolute Gasteiger partial charge is 0.494 e. The SMILES string of the molecule is COc1cc(C=NS(=O)C(C)(C)C)ccc1F. The van der Waals surface area contributed by atoms with Crippen LogP contribution < -0.4 is 4.74 Å². The van der Waals surface area contributed by atoms with E-state index in [1.54, 1.807) is 6.07 Å². The monoisotopic (exact) mass is 257 g/mol. The molecule has 0 heterocycles. The Morgan fingerprint density at radius 1 is 1.41 bits per heavy atom. The third kappa shape index (κ3) is 3.93. The molecule has 0 fully saturated rings. The van der Waals surface area contributed by atoms with E-state index < -0.39 is 21.5 Å². The summed E-state index contributed by atoms with van der Waals surface area (Å²) in [4.78, 5) is 0. The maximum Gasteiger partial charge on any atom is 0.165 e. The molecule has 1 aromatic rings. The molecule has 0 aromatic heterocycles. The zero-order valence-electron chi connectivity index (χ0n) is 10.4. The predicted molar refractivity (Wildman–Crippen MR) is 68.4 cm³/mol. The Hall–Kier alpha value is -1.23. The highest BCUT2D eigenvalue weighted by Crippen LogP contribution is 2.18. The molecule has 0 radical (unpaired) electrons. The average Bonchev–Trinajstić information content (AvgIpc) is 2.26. The molecular weight excluding hydrogens is 241 g/mol. The molecule has 17 heavy (non-hydrogen) atoms. The van der Waals surface area contributed by atoms with Crippen LogP contribution in [0.1, 0.15) is 26.3 Å². The van der Waals surface area contributed by atoms with Crippen molar-refractivity contribution in [3.8, 4) is 5.75 Å². The van der Waals surface area contributed by atoms with E-state index in [9.17, 15) is 8.60 Å². The second-order valence-electron chi connectivity index (χ2n) is 4.49. The summed E-state index contributed by atoms with van der Waals surface area (Å²) in [7, 11) is 0.0786. The molecule has 0 saturated carbocycles. The highest BCUT2D eigenvalue weighted by Gasteiger charge is 2.18. The zero-order chi connectivity index (χ0) is 13.1. The molecule has 0 aliphatic rings. The molecule has 1 atom stereocenters. The summed E-state index contributed by atoms with van der Waals surface area (Å²) < 4.78 is 33.2. The number of halogens is 1. The van der Waals surface area contributed by atoms with Gasteiger partial charge in [0.15, 0.2) is 11.6 Å². The number of methoxy groups -OCH3 is 1. The van der Waals surface area contributed by atoms with Crippen molar-refractivity contribution < 1.29 is 13.3 Å². The van der Waals surface area contributed by atoms with E-state index in [0.717, 1.165) is 0 Å². The van der Waals surface area contributed by atoms with Crippen LogP contribution in [-0.4, -0.2) is 22.3 Å². The van der Waals surface area contributed by atoms with Gasteiger partial charge in [-0.1, -0.05) is 6.07 Å². The molecule has 0 aliphatic heterocycles. The van der Waals surface area contributed by atoms with Gasteiger partial charge in [-0.05, 0) is 38.5 Å². The second kappa shape index (κ2) is 5.40. The molecule has 0 saturated heterocycles. The zero-order valence-corrected chi connectivity index (χ0v) is 11.2. The molecule has 5 heteroatoms. The Bertz CT molecular complexity index is 452. The number of ether oxygens (including phenoxy) is 1. The maximum absolute atomic E-state index is 13.1. The van der Waals surface area contributed by atoms with E-state index in [2.05, 4.69) is 4.40 Å². The number of hydrogen-bond acceptors (Lipinski definition) is 2. The Kier molecular flexibility index (Phi) is 4.40. The summed E-state index contributed by atoms with van der Waals surface area (Å²) in [6.45, 7) is 5.52. The van der Waals surface area contributed by atoms with Gasteiger partial charge in [-0.3, -0.25) is 0 Å². The van der Waals surface area contributed by atoms with Gasteiger partial charge in [0.25, 0.3) is 0 Å². The van der Waals surface area contributed by atoms with Gasteiger partial charge in [0, 0.05) is 6.21 Å². The summed E-state index contributed by atoms with van der Waals surface area (Å²) >= 11 is 0. The Morgan fingerprint density at radius 2 is 2.06 bits per heavy atom. The minimum absolute atomic E-state index is 0.149. The summed E-state index contributed by atoms with van der Waals surface area (Å²) in [5, 5.41) is 0. The molecule has 0 spiro atoms. The van der Waals surface area contributed by atoms with Crippen LogP contribution in [0, 0.1) is 5.82 Å². The smallest absolute Gasteiger partial charge is 0.165 e. The highest BCUT2D eigenvalue weighted by molar-refractivity contribution is 7.85. The van der Waals surface area contributed by atoms with Gasteiger partial charge in [0.1, 0.15) is 11.0 Å². The maximum atomic E-state index is 13.1. The van der Waals surface area contributed by atoms with Gasteiger partial charge in [-0.15, -0.1) is 0 Å². The Morgan fingerprint density at radius 3 is 2.59 bits per heavy atom. The van der Waals surface area contributed by atoms with Crippen LogP contribution in [0.2, 0.25) is 0 Å². The Labute approximate surface area is 103 Å². The van der Waals surface area contributed by atoms with Crippen LogP contribution in [0.25, 0.3) is 0 Å². The predicted octanol–water partition coefficient (Wildman–Crippen LogP) is 2.72. The van der Waals surface area contributed by atoms with Crippen molar-refractivity contribution in [1.29, 1.82) is 0 Å². The van der Waals surface area contributed by atoms with E-state index in [4.69, 9.17) is 4.74 Å². The lowest BCUT2D eigenvalue weighted by Crippen LogP contribution is -2.19. The van der Waals surface area contributed by atoms with E-state index in [1.165, 1.54) is 25.5 Å². The van der Waals surface area contributed by atoms with E-state index >= 15 is 0 Å². The van der Waals surface area contributed by atoms with Crippen LogP contribution in [0.3, 0.4) is 0 Å². The van der Waals surface area contributed by atoms with Crippen molar-refractivity contribution in [2.45, 2.75) is 25.5 Å². The average molecular weight is 257 g/mol. The third-order valence-electron chi connectivity index (χ3n) is 2.00. The fourth-order valence-electron chi connectivity index (χ4n) is 1.02. The molecule has 0 bridgehead atoms. The van der Waals surface area contributed by atoms with Crippen LogP contribution >= 0.6 is 0 Å². The van der Waals surface area contributed by atoms with Crippen LogP contribution in [0.15, 0.2) is 22.6 Å². The van der Waals surface area contributed by atoms with E-state index in [0.29, 0.717) is 5.56 Å². The van der Waals surface area contributed by atoms with Gasteiger partial charge in [-0.2, -0.15) is 4.40 Å². The second-order valence-corrected chi connectivity index (χ2v) is 6.42. The first-order valence-electron chi connectivity index (χ1n) is 5.14. The van der Waals surface area contributed by atoms with Crippen molar-refractivity contribution in [2.75, 3.05) is 7.11 Å². The van der Waals surface area contributed by atoms with Crippen molar-refractivity contribution in [3.63, 3.8) is 0 Å². The van der Waals surface area contributed by atoms with Gasteiger partial charge < -0.3 is 4.74 Å². The minimum Gasteiger partial charge on any atom is -0.494 e. The highest BCUT2D eigenvalue weighted by atomic mass is 32.2. The minimum atomic E-state index is -1.32. The van der Waals surface area contributed by atoms with Crippen molar-refractivity contribution in [1.82, 2.24) is 0 Å². The fourth-order valence-corrected chi connectivity index (χ4v) is 1.56. The summed E-state index contributed by atoms with van der Waals surface area (Å²) in [6, 6.07) is 4.36.